The van der Waals surface area contributed by atoms with E-state index in [1.54, 1.807) is 29.2 Å². The maximum Gasteiger partial charge on any atom is 0.410 e. The van der Waals surface area contributed by atoms with Crippen molar-refractivity contribution < 1.29 is 33.7 Å². The lowest BCUT2D eigenvalue weighted by Crippen LogP contribution is -2.46. The van der Waals surface area contributed by atoms with Gasteiger partial charge < -0.3 is 34.4 Å². The molecule has 1 fully saturated rings. The minimum Gasteiger partial charge on any atom is -0.486 e. The number of methoxy groups -OCH3 is 1. The third-order valence-corrected chi connectivity index (χ3v) is 5.42. The Morgan fingerprint density at radius 2 is 1.97 bits per heavy atom. The van der Waals surface area contributed by atoms with E-state index in [2.05, 4.69) is 5.32 Å². The largest absolute Gasteiger partial charge is 0.486 e. The highest BCUT2D eigenvalue weighted by atomic mass is 16.6. The van der Waals surface area contributed by atoms with Crippen LogP contribution in [0.1, 0.15) is 33.6 Å². The molecule has 1 aromatic rings. The van der Waals surface area contributed by atoms with E-state index in [-0.39, 0.29) is 43.2 Å². The number of nitrogens with one attached hydrogen (secondary N) is 1. The third kappa shape index (κ3) is 6.19. The van der Waals surface area contributed by atoms with Crippen LogP contribution in [0.5, 0.6) is 5.75 Å². The molecule has 0 aromatic heterocycles. The summed E-state index contributed by atoms with van der Waals surface area (Å²) in [7, 11) is 1.25. The van der Waals surface area contributed by atoms with Crippen molar-refractivity contribution in [3.63, 3.8) is 0 Å². The van der Waals surface area contributed by atoms with Crippen molar-refractivity contribution in [1.29, 1.82) is 0 Å². The lowest BCUT2D eigenvalue weighted by Gasteiger charge is -2.34. The van der Waals surface area contributed by atoms with Crippen LogP contribution in [0.4, 0.5) is 10.5 Å². The Labute approximate surface area is 199 Å². The van der Waals surface area contributed by atoms with Gasteiger partial charge in [-0.05, 0) is 45.7 Å². The normalized spacial score (nSPS) is 18.7. The number of ether oxygens (including phenoxy) is 3. The molecule has 0 radical (unpaired) electrons. The van der Waals surface area contributed by atoms with E-state index >= 15 is 0 Å². The summed E-state index contributed by atoms with van der Waals surface area (Å²) in [6.45, 7) is 6.39. The molecule has 34 heavy (non-hydrogen) atoms. The molecule has 1 atom stereocenters. The minimum atomic E-state index is -0.616. The highest BCUT2D eigenvalue weighted by Gasteiger charge is 2.35. The molecular weight excluding hydrogens is 442 g/mol. The lowest BCUT2D eigenvalue weighted by atomic mass is 10.1. The first-order chi connectivity index (χ1) is 16.1. The van der Waals surface area contributed by atoms with Gasteiger partial charge in [0.25, 0.3) is 5.91 Å². The number of esters is 1. The van der Waals surface area contributed by atoms with Crippen molar-refractivity contribution in [2.24, 2.45) is 0 Å². The molecule has 2 aliphatic heterocycles. The van der Waals surface area contributed by atoms with Crippen LogP contribution < -0.4 is 10.1 Å². The van der Waals surface area contributed by atoms with Gasteiger partial charge >= 0.3 is 12.1 Å². The van der Waals surface area contributed by atoms with Gasteiger partial charge in [-0.3, -0.25) is 4.79 Å². The van der Waals surface area contributed by atoms with E-state index in [1.165, 1.54) is 12.0 Å². The van der Waals surface area contributed by atoms with Crippen LogP contribution in [0.3, 0.4) is 0 Å². The molecular formula is C24H33N3O7. The molecule has 2 aliphatic rings. The Bertz CT molecular complexity index is 954. The van der Waals surface area contributed by atoms with Gasteiger partial charge in [-0.2, -0.15) is 0 Å². The number of nitrogens with zero attached hydrogens (tertiary/aromatic N) is 2. The highest BCUT2D eigenvalue weighted by molar-refractivity contribution is 6.08. The molecule has 0 bridgehead atoms. The van der Waals surface area contributed by atoms with Crippen molar-refractivity contribution in [2.45, 2.75) is 45.3 Å². The fraction of sp³-hybridized carbons (Fsp3) is 0.542. The summed E-state index contributed by atoms with van der Waals surface area (Å²) >= 11 is 0. The Morgan fingerprint density at radius 3 is 2.65 bits per heavy atom. The molecule has 3 rings (SSSR count). The molecule has 10 nitrogen and oxygen atoms in total. The van der Waals surface area contributed by atoms with E-state index in [9.17, 15) is 19.5 Å². The zero-order valence-corrected chi connectivity index (χ0v) is 20.1. The number of carbonyl (C=O) groups is 3. The molecule has 1 saturated heterocycles. The lowest BCUT2D eigenvalue weighted by molar-refractivity contribution is -0.136. The molecule has 0 spiro atoms. The summed E-state index contributed by atoms with van der Waals surface area (Å²) in [5, 5.41) is 12.3. The van der Waals surface area contributed by atoms with E-state index < -0.39 is 17.5 Å². The van der Waals surface area contributed by atoms with Gasteiger partial charge in [-0.15, -0.1) is 0 Å². The number of β-amino-alcohol motifs (C(OH)–C–C–N with tert-alkyl or cyclic N) is 1. The summed E-state index contributed by atoms with van der Waals surface area (Å²) in [5.74, 6) is -0.531. The summed E-state index contributed by atoms with van der Waals surface area (Å²) in [4.78, 5) is 40.6. The zero-order chi connectivity index (χ0) is 24.9. The number of anilines is 1. The van der Waals surface area contributed by atoms with Crippen molar-refractivity contribution >= 4 is 23.7 Å². The van der Waals surface area contributed by atoms with Gasteiger partial charge in [0.2, 0.25) is 0 Å². The average Bonchev–Trinajstić information content (AvgIpc) is 3.09. The van der Waals surface area contributed by atoms with Crippen molar-refractivity contribution in [3.05, 3.63) is 35.5 Å². The molecule has 2 heterocycles. The van der Waals surface area contributed by atoms with Crippen LogP contribution in [0.2, 0.25) is 0 Å². The minimum absolute atomic E-state index is 0.0465. The van der Waals surface area contributed by atoms with Gasteiger partial charge in [0.15, 0.2) is 0 Å². The molecule has 0 saturated carbocycles. The fourth-order valence-electron chi connectivity index (χ4n) is 3.86. The molecule has 186 valence electrons. The van der Waals surface area contributed by atoms with E-state index in [0.717, 1.165) is 12.8 Å². The number of rotatable bonds is 7. The molecule has 10 heteroatoms. The van der Waals surface area contributed by atoms with E-state index in [1.807, 2.05) is 20.8 Å². The zero-order valence-electron chi connectivity index (χ0n) is 20.1. The van der Waals surface area contributed by atoms with E-state index in [4.69, 9.17) is 14.2 Å². The van der Waals surface area contributed by atoms with Gasteiger partial charge in [0.1, 0.15) is 23.2 Å². The topological polar surface area (TPSA) is 118 Å². The van der Waals surface area contributed by atoms with E-state index in [0.29, 0.717) is 24.5 Å². The number of hydrogen-bond donors (Lipinski definition) is 2. The molecule has 1 aromatic carbocycles. The van der Waals surface area contributed by atoms with Gasteiger partial charge in [0, 0.05) is 13.1 Å². The van der Waals surface area contributed by atoms with Crippen molar-refractivity contribution in [3.8, 4) is 5.75 Å². The molecule has 2 amide bonds. The first kappa shape index (κ1) is 25.4. The number of para-hydroxylation sites is 2. The smallest absolute Gasteiger partial charge is 0.410 e. The Hall–Kier alpha value is -3.27. The maximum absolute atomic E-state index is 12.9. The Morgan fingerprint density at radius 1 is 1.24 bits per heavy atom. The van der Waals surface area contributed by atoms with Gasteiger partial charge in [-0.1, -0.05) is 12.1 Å². The molecule has 1 unspecified atom stereocenters. The second-order valence-corrected chi connectivity index (χ2v) is 9.23. The third-order valence-electron chi connectivity index (χ3n) is 5.42. The summed E-state index contributed by atoms with van der Waals surface area (Å²) < 4.78 is 16.5. The predicted molar refractivity (Wildman–Crippen MR) is 124 cm³/mol. The van der Waals surface area contributed by atoms with Gasteiger partial charge in [-0.25, -0.2) is 9.59 Å². The van der Waals surface area contributed by atoms with Crippen LogP contribution in [0.15, 0.2) is 35.5 Å². The number of carbonyl (C=O) groups excluding carboxylic acids is 3. The summed E-state index contributed by atoms with van der Waals surface area (Å²) in [6.07, 6.45) is 0.891. The summed E-state index contributed by atoms with van der Waals surface area (Å²) in [6, 6.07) is 7.09. The number of hydrogen-bond acceptors (Lipinski definition) is 8. The average molecular weight is 476 g/mol. The molecule has 0 aliphatic carbocycles. The van der Waals surface area contributed by atoms with Gasteiger partial charge in [0.05, 0.1) is 38.1 Å². The number of amides is 2. The predicted octanol–water partition coefficient (Wildman–Crippen LogP) is 2.14. The first-order valence-electron chi connectivity index (χ1n) is 11.3. The second kappa shape index (κ2) is 10.8. The molecule has 2 N–H and O–H groups in total. The van der Waals surface area contributed by atoms with Crippen LogP contribution in [0, 0.1) is 0 Å². The maximum atomic E-state index is 12.9. The van der Waals surface area contributed by atoms with Crippen LogP contribution in [-0.4, -0.2) is 84.5 Å². The van der Waals surface area contributed by atoms with Crippen LogP contribution >= 0.6 is 0 Å². The fourth-order valence-corrected chi connectivity index (χ4v) is 3.86. The van der Waals surface area contributed by atoms with Crippen molar-refractivity contribution in [2.75, 3.05) is 45.2 Å². The summed E-state index contributed by atoms with van der Waals surface area (Å²) in [5.41, 5.74) is 0.205. The van der Waals surface area contributed by atoms with Crippen LogP contribution in [0.25, 0.3) is 0 Å². The number of aliphatic hydroxyl groups is 1. The standard InChI is InChI=1S/C24H33N3O7/c1-24(2,3)34-23(31)27-11-7-8-16(14-27)33-19-10-6-5-9-18(19)25-20-17(22(30)32-4)15-26(12-13-28)21(20)29/h5-6,9-10,16,25,28H,7-8,11-15H2,1-4H3. The number of likely N-dealkylation sites (tertiary alicyclic amines) is 1. The quantitative estimate of drug-likeness (QED) is 0.576. The van der Waals surface area contributed by atoms with Crippen molar-refractivity contribution in [1.82, 2.24) is 9.80 Å². The Kier molecular flexibility index (Phi) is 8.03. The number of aliphatic hydroxyl groups excluding tert-OH is 1. The number of piperidine rings is 1. The SMILES string of the molecule is COC(=O)C1=C(Nc2ccccc2OC2CCCN(C(=O)OC(C)(C)C)C2)C(=O)N(CCO)C1. The monoisotopic (exact) mass is 475 g/mol. The highest BCUT2D eigenvalue weighted by Crippen LogP contribution is 2.31. The first-order valence-corrected chi connectivity index (χ1v) is 11.3. The van der Waals surface area contributed by atoms with Crippen LogP contribution in [-0.2, 0) is 19.1 Å². The number of benzene rings is 1. The Balaban J connectivity index is 1.76. The second-order valence-electron chi connectivity index (χ2n) is 9.23.